The number of anilines is 1. The van der Waals surface area contributed by atoms with Crippen LogP contribution in [-0.4, -0.2) is 12.5 Å². The summed E-state index contributed by atoms with van der Waals surface area (Å²) in [5, 5.41) is 0.731. The van der Waals surface area contributed by atoms with Gasteiger partial charge in [0.15, 0.2) is 0 Å². The number of fused-ring (bicyclic) bond motifs is 1. The zero-order chi connectivity index (χ0) is 14.8. The fourth-order valence-corrected chi connectivity index (χ4v) is 3.13. The van der Waals surface area contributed by atoms with E-state index in [-0.39, 0.29) is 5.91 Å². The lowest BCUT2D eigenvalue weighted by Gasteiger charge is -2.24. The molecule has 108 valence electrons. The Labute approximate surface area is 130 Å². The van der Waals surface area contributed by atoms with Gasteiger partial charge in [-0.25, -0.2) is 0 Å². The highest BCUT2D eigenvalue weighted by molar-refractivity contribution is 6.30. The van der Waals surface area contributed by atoms with E-state index in [4.69, 9.17) is 11.6 Å². The third-order valence-corrected chi connectivity index (χ3v) is 4.33. The number of rotatable bonds is 1. The van der Waals surface area contributed by atoms with Crippen LogP contribution in [-0.2, 0) is 0 Å². The van der Waals surface area contributed by atoms with E-state index < -0.39 is 0 Å². The van der Waals surface area contributed by atoms with E-state index in [1.165, 1.54) is 5.56 Å². The predicted octanol–water partition coefficient (Wildman–Crippen LogP) is 4.88. The molecule has 0 unspecified atom stereocenters. The fraction of sp³-hybridized carbons (Fsp3) is 0.278. The lowest BCUT2D eigenvalue weighted by atomic mass is 9.96. The highest BCUT2D eigenvalue weighted by Gasteiger charge is 2.25. The molecule has 3 rings (SSSR count). The molecule has 0 bridgehead atoms. The number of hydrogen-bond acceptors (Lipinski definition) is 1. The molecular weight excluding hydrogens is 282 g/mol. The SMILES string of the molecule is C[C@H]1CCCN(C(=O)c2ccccc2)c2ccc(Cl)cc21. The minimum Gasteiger partial charge on any atom is -0.308 e. The Bertz CT molecular complexity index is 654. The van der Waals surface area contributed by atoms with Crippen molar-refractivity contribution in [3.05, 3.63) is 64.7 Å². The fourth-order valence-electron chi connectivity index (χ4n) is 2.94. The van der Waals surface area contributed by atoms with Crippen molar-refractivity contribution >= 4 is 23.2 Å². The first-order valence-electron chi connectivity index (χ1n) is 7.33. The summed E-state index contributed by atoms with van der Waals surface area (Å²) in [5.74, 6) is 0.487. The molecule has 0 saturated heterocycles. The van der Waals surface area contributed by atoms with Gasteiger partial charge in [0, 0.05) is 22.8 Å². The highest BCUT2D eigenvalue weighted by atomic mass is 35.5. The van der Waals surface area contributed by atoms with Crippen LogP contribution in [0.2, 0.25) is 5.02 Å². The zero-order valence-corrected chi connectivity index (χ0v) is 12.8. The molecule has 2 aromatic carbocycles. The van der Waals surface area contributed by atoms with Crippen molar-refractivity contribution < 1.29 is 4.79 Å². The normalized spacial score (nSPS) is 18.0. The average molecular weight is 300 g/mol. The van der Waals surface area contributed by atoms with Crippen LogP contribution in [0, 0.1) is 0 Å². The smallest absolute Gasteiger partial charge is 0.258 e. The van der Waals surface area contributed by atoms with Crippen LogP contribution in [0.5, 0.6) is 0 Å². The predicted molar refractivity (Wildman–Crippen MR) is 87.2 cm³/mol. The molecule has 3 heteroatoms. The van der Waals surface area contributed by atoms with Crippen molar-refractivity contribution in [2.24, 2.45) is 0 Å². The van der Waals surface area contributed by atoms with E-state index in [0.717, 1.165) is 35.7 Å². The van der Waals surface area contributed by atoms with Gasteiger partial charge in [0.2, 0.25) is 0 Å². The molecule has 0 fully saturated rings. The van der Waals surface area contributed by atoms with E-state index in [1.54, 1.807) is 0 Å². The second kappa shape index (κ2) is 5.90. The maximum absolute atomic E-state index is 12.8. The molecular formula is C18H18ClNO. The molecule has 1 aliphatic rings. The van der Waals surface area contributed by atoms with Crippen molar-refractivity contribution in [1.29, 1.82) is 0 Å². The van der Waals surface area contributed by atoms with Crippen LogP contribution in [0.1, 0.15) is 41.6 Å². The molecule has 1 aliphatic heterocycles. The first-order chi connectivity index (χ1) is 10.2. The quantitative estimate of drug-likeness (QED) is 0.734. The van der Waals surface area contributed by atoms with Gasteiger partial charge in [-0.1, -0.05) is 36.7 Å². The molecule has 2 nitrogen and oxygen atoms in total. The van der Waals surface area contributed by atoms with E-state index in [9.17, 15) is 4.79 Å². The van der Waals surface area contributed by atoms with Gasteiger partial charge in [0.25, 0.3) is 5.91 Å². The summed E-state index contributed by atoms with van der Waals surface area (Å²) in [7, 11) is 0. The summed E-state index contributed by atoms with van der Waals surface area (Å²) >= 11 is 6.14. The Kier molecular flexibility index (Phi) is 3.98. The van der Waals surface area contributed by atoms with Gasteiger partial charge >= 0.3 is 0 Å². The second-order valence-corrected chi connectivity index (χ2v) is 6.01. The summed E-state index contributed by atoms with van der Waals surface area (Å²) in [6, 6.07) is 15.3. The third-order valence-electron chi connectivity index (χ3n) is 4.10. The van der Waals surface area contributed by atoms with Crippen molar-refractivity contribution in [2.75, 3.05) is 11.4 Å². The molecule has 0 radical (unpaired) electrons. The van der Waals surface area contributed by atoms with Crippen LogP contribution in [0.3, 0.4) is 0 Å². The highest BCUT2D eigenvalue weighted by Crippen LogP contribution is 2.36. The summed E-state index contributed by atoms with van der Waals surface area (Å²) in [6.07, 6.45) is 2.08. The van der Waals surface area contributed by atoms with Gasteiger partial charge in [0.05, 0.1) is 0 Å². The van der Waals surface area contributed by atoms with Gasteiger partial charge < -0.3 is 4.90 Å². The summed E-state index contributed by atoms with van der Waals surface area (Å²) in [6.45, 7) is 2.96. The van der Waals surface area contributed by atoms with Crippen LogP contribution in [0.25, 0.3) is 0 Å². The molecule has 21 heavy (non-hydrogen) atoms. The molecule has 0 N–H and O–H groups in total. The van der Waals surface area contributed by atoms with Gasteiger partial charge in [-0.2, -0.15) is 0 Å². The maximum atomic E-state index is 12.8. The standard InChI is InChI=1S/C18H18ClNO/c1-13-6-5-11-20(17-10-9-15(19)12-16(13)17)18(21)14-7-3-2-4-8-14/h2-4,7-10,12-13H,5-6,11H2,1H3/t13-/m0/s1. The molecule has 1 atom stereocenters. The van der Waals surface area contributed by atoms with Gasteiger partial charge in [-0.05, 0) is 54.7 Å². The molecule has 0 saturated carbocycles. The monoisotopic (exact) mass is 299 g/mol. The number of hydrogen-bond donors (Lipinski definition) is 0. The second-order valence-electron chi connectivity index (χ2n) is 5.57. The Morgan fingerprint density at radius 3 is 2.71 bits per heavy atom. The number of carbonyl (C=O) groups is 1. The average Bonchev–Trinajstić information content (AvgIpc) is 2.67. The minimum atomic E-state index is 0.0632. The van der Waals surface area contributed by atoms with Gasteiger partial charge in [-0.3, -0.25) is 4.79 Å². The Balaban J connectivity index is 2.04. The topological polar surface area (TPSA) is 20.3 Å². The maximum Gasteiger partial charge on any atom is 0.258 e. The number of nitrogens with zero attached hydrogens (tertiary/aromatic N) is 1. The zero-order valence-electron chi connectivity index (χ0n) is 12.1. The Hall–Kier alpha value is -1.80. The van der Waals surface area contributed by atoms with Crippen molar-refractivity contribution in [3.63, 3.8) is 0 Å². The van der Waals surface area contributed by atoms with Crippen LogP contribution in [0.15, 0.2) is 48.5 Å². The van der Waals surface area contributed by atoms with Crippen molar-refractivity contribution in [1.82, 2.24) is 0 Å². The first kappa shape index (κ1) is 14.2. The summed E-state index contributed by atoms with van der Waals surface area (Å²) in [4.78, 5) is 14.7. The molecule has 2 aromatic rings. The van der Waals surface area contributed by atoms with E-state index >= 15 is 0 Å². The third kappa shape index (κ3) is 2.81. The summed E-state index contributed by atoms with van der Waals surface area (Å²) < 4.78 is 0. The van der Waals surface area contributed by atoms with Crippen LogP contribution in [0.4, 0.5) is 5.69 Å². The van der Waals surface area contributed by atoms with E-state index in [0.29, 0.717) is 5.92 Å². The molecule has 0 spiro atoms. The lowest BCUT2D eigenvalue weighted by Crippen LogP contribution is -2.31. The van der Waals surface area contributed by atoms with E-state index in [1.807, 2.05) is 53.4 Å². The molecule has 0 aliphatic carbocycles. The van der Waals surface area contributed by atoms with Gasteiger partial charge in [-0.15, -0.1) is 0 Å². The molecule has 1 amide bonds. The van der Waals surface area contributed by atoms with Crippen molar-refractivity contribution in [2.45, 2.75) is 25.7 Å². The van der Waals surface area contributed by atoms with E-state index in [2.05, 4.69) is 6.92 Å². The Morgan fingerprint density at radius 1 is 1.19 bits per heavy atom. The lowest BCUT2D eigenvalue weighted by molar-refractivity contribution is 0.0987. The first-order valence-corrected chi connectivity index (χ1v) is 7.71. The molecule has 0 aromatic heterocycles. The largest absolute Gasteiger partial charge is 0.308 e. The summed E-state index contributed by atoms with van der Waals surface area (Å²) in [5.41, 5.74) is 2.90. The number of amides is 1. The Morgan fingerprint density at radius 2 is 1.95 bits per heavy atom. The molecule has 1 heterocycles. The number of carbonyl (C=O) groups excluding carboxylic acids is 1. The van der Waals surface area contributed by atoms with Gasteiger partial charge in [0.1, 0.15) is 0 Å². The minimum absolute atomic E-state index is 0.0632. The van der Waals surface area contributed by atoms with Crippen molar-refractivity contribution in [3.8, 4) is 0 Å². The van der Waals surface area contributed by atoms with Crippen LogP contribution >= 0.6 is 11.6 Å². The van der Waals surface area contributed by atoms with Crippen LogP contribution < -0.4 is 4.90 Å². The number of benzene rings is 2. The number of halogens is 1.